The van der Waals surface area contributed by atoms with Crippen LogP contribution in [-0.2, 0) is 30.8 Å². The molecule has 5 rings (SSSR count). The van der Waals surface area contributed by atoms with E-state index in [1.165, 1.54) is 0 Å². The maximum Gasteiger partial charge on any atom is 0.252 e. The van der Waals surface area contributed by atoms with E-state index in [1.54, 1.807) is 14.2 Å². The van der Waals surface area contributed by atoms with Gasteiger partial charge in [-0.3, -0.25) is 9.69 Å². The van der Waals surface area contributed by atoms with Crippen molar-refractivity contribution in [1.82, 2.24) is 30.1 Å². The SMILES string of the molecule is COc1ccc(CCN(Cc2cc3cc(C)ccc3[nH]c2=O)Cc2nnnn2C[C@H]2CCCO2)cc1OC. The Morgan fingerprint density at radius 3 is 2.76 bits per heavy atom. The molecule has 1 saturated heterocycles. The number of hydrogen-bond acceptors (Lipinski definition) is 8. The number of aromatic amines is 1. The van der Waals surface area contributed by atoms with Crippen LogP contribution >= 0.6 is 0 Å². The largest absolute Gasteiger partial charge is 0.493 e. The molecule has 0 amide bonds. The van der Waals surface area contributed by atoms with Crippen LogP contribution in [0.15, 0.2) is 47.3 Å². The van der Waals surface area contributed by atoms with Gasteiger partial charge >= 0.3 is 0 Å². The molecule has 0 radical (unpaired) electrons. The fraction of sp³-hybridized carbons (Fsp3) is 0.429. The molecule has 2 aromatic heterocycles. The number of aryl methyl sites for hydroxylation is 1. The van der Waals surface area contributed by atoms with Gasteiger partial charge in [-0.05, 0) is 77.9 Å². The Labute approximate surface area is 221 Å². The lowest BCUT2D eigenvalue weighted by Crippen LogP contribution is -2.30. The van der Waals surface area contributed by atoms with Crippen LogP contribution in [-0.4, -0.2) is 63.6 Å². The zero-order valence-corrected chi connectivity index (χ0v) is 22.1. The Bertz CT molecular complexity index is 1440. The second-order valence-electron chi connectivity index (χ2n) is 9.78. The van der Waals surface area contributed by atoms with Crippen molar-refractivity contribution in [3.63, 3.8) is 0 Å². The standard InChI is InChI=1S/C28H34N6O4/c1-19-6-8-24-21(13-19)15-22(28(35)29-24)16-33(11-10-20-7-9-25(36-2)26(14-20)37-3)18-27-30-31-32-34(27)17-23-5-4-12-38-23/h6-9,13-15,23H,4-5,10-12,16-18H2,1-3H3,(H,29,35)/t23-/m1/s1. The van der Waals surface area contributed by atoms with Gasteiger partial charge in [0.1, 0.15) is 0 Å². The molecule has 10 nitrogen and oxygen atoms in total. The maximum atomic E-state index is 13.0. The average Bonchev–Trinajstić information content (AvgIpc) is 3.60. The third kappa shape index (κ3) is 6.03. The first-order chi connectivity index (χ1) is 18.5. The monoisotopic (exact) mass is 518 g/mol. The quantitative estimate of drug-likeness (QED) is 0.322. The molecule has 3 heterocycles. The molecule has 38 heavy (non-hydrogen) atoms. The number of hydrogen-bond donors (Lipinski definition) is 1. The highest BCUT2D eigenvalue weighted by Crippen LogP contribution is 2.28. The predicted molar refractivity (Wildman–Crippen MR) is 143 cm³/mol. The van der Waals surface area contributed by atoms with Gasteiger partial charge in [-0.15, -0.1) is 5.10 Å². The fourth-order valence-corrected chi connectivity index (χ4v) is 4.93. The minimum absolute atomic E-state index is 0.0867. The van der Waals surface area contributed by atoms with Gasteiger partial charge in [-0.2, -0.15) is 0 Å². The van der Waals surface area contributed by atoms with Crippen molar-refractivity contribution in [1.29, 1.82) is 0 Å². The van der Waals surface area contributed by atoms with Crippen molar-refractivity contribution in [2.75, 3.05) is 27.4 Å². The fourth-order valence-electron chi connectivity index (χ4n) is 4.93. The summed E-state index contributed by atoms with van der Waals surface area (Å²) in [5.74, 6) is 2.14. The molecule has 0 bridgehead atoms. The zero-order valence-electron chi connectivity index (χ0n) is 22.1. The van der Waals surface area contributed by atoms with Crippen molar-refractivity contribution in [3.05, 3.63) is 75.3 Å². The van der Waals surface area contributed by atoms with Crippen molar-refractivity contribution >= 4 is 10.9 Å². The summed E-state index contributed by atoms with van der Waals surface area (Å²) in [5, 5.41) is 13.5. The molecule has 1 fully saturated rings. The van der Waals surface area contributed by atoms with Crippen molar-refractivity contribution in [3.8, 4) is 11.5 Å². The number of pyridine rings is 1. The van der Waals surface area contributed by atoms with E-state index in [-0.39, 0.29) is 11.7 Å². The van der Waals surface area contributed by atoms with Gasteiger partial charge < -0.3 is 19.2 Å². The van der Waals surface area contributed by atoms with Gasteiger partial charge in [0.2, 0.25) is 0 Å². The number of fused-ring (bicyclic) bond motifs is 1. The Hall–Kier alpha value is -3.76. The minimum atomic E-state index is -0.0867. The summed E-state index contributed by atoms with van der Waals surface area (Å²) < 4.78 is 18.5. The molecular formula is C28H34N6O4. The molecule has 0 aliphatic carbocycles. The molecular weight excluding hydrogens is 484 g/mol. The number of methoxy groups -OCH3 is 2. The van der Waals surface area contributed by atoms with Gasteiger partial charge in [0.15, 0.2) is 17.3 Å². The van der Waals surface area contributed by atoms with E-state index in [2.05, 4.69) is 31.5 Å². The topological polar surface area (TPSA) is 107 Å². The van der Waals surface area contributed by atoms with Crippen molar-refractivity contribution < 1.29 is 14.2 Å². The molecule has 2 aromatic carbocycles. The molecule has 10 heteroatoms. The number of aromatic nitrogens is 5. The first-order valence-electron chi connectivity index (χ1n) is 12.9. The smallest absolute Gasteiger partial charge is 0.252 e. The van der Waals surface area contributed by atoms with Gasteiger partial charge in [-0.1, -0.05) is 17.7 Å². The second-order valence-corrected chi connectivity index (χ2v) is 9.78. The van der Waals surface area contributed by atoms with Crippen LogP contribution in [0.1, 0.15) is 35.4 Å². The summed E-state index contributed by atoms with van der Waals surface area (Å²) >= 11 is 0. The molecule has 200 valence electrons. The Kier molecular flexibility index (Phi) is 8.00. The van der Waals surface area contributed by atoms with Gasteiger partial charge in [0.05, 0.1) is 33.4 Å². The van der Waals surface area contributed by atoms with E-state index in [4.69, 9.17) is 14.2 Å². The highest BCUT2D eigenvalue weighted by atomic mass is 16.5. The Morgan fingerprint density at radius 2 is 1.97 bits per heavy atom. The van der Waals surface area contributed by atoms with Crippen LogP contribution in [0.3, 0.4) is 0 Å². The molecule has 1 aliphatic rings. The summed E-state index contributed by atoms with van der Waals surface area (Å²) in [5.41, 5.74) is 3.70. The lowest BCUT2D eigenvalue weighted by Gasteiger charge is -2.22. The van der Waals surface area contributed by atoms with Crippen LogP contribution in [0.4, 0.5) is 0 Å². The third-order valence-corrected chi connectivity index (χ3v) is 7.01. The van der Waals surface area contributed by atoms with E-state index >= 15 is 0 Å². The zero-order chi connectivity index (χ0) is 26.5. The number of nitrogens with zero attached hydrogens (tertiary/aromatic N) is 5. The highest BCUT2D eigenvalue weighted by molar-refractivity contribution is 5.79. The molecule has 1 aliphatic heterocycles. The van der Waals surface area contributed by atoms with E-state index < -0.39 is 0 Å². The summed E-state index contributed by atoms with van der Waals surface area (Å²) in [4.78, 5) is 18.3. The van der Waals surface area contributed by atoms with Crippen LogP contribution in [0.5, 0.6) is 11.5 Å². The summed E-state index contributed by atoms with van der Waals surface area (Å²) in [6.45, 7) is 5.10. The predicted octanol–water partition coefficient (Wildman–Crippen LogP) is 3.26. The normalized spacial score (nSPS) is 15.4. The summed E-state index contributed by atoms with van der Waals surface area (Å²) in [6, 6.07) is 14.0. The first kappa shape index (κ1) is 25.9. The van der Waals surface area contributed by atoms with Gasteiger partial charge in [-0.25, -0.2) is 4.68 Å². The number of H-pyrrole nitrogens is 1. The summed E-state index contributed by atoms with van der Waals surface area (Å²) in [6.07, 6.45) is 2.94. The number of nitrogens with one attached hydrogen (secondary N) is 1. The Morgan fingerprint density at radius 1 is 1.11 bits per heavy atom. The van der Waals surface area contributed by atoms with Crippen LogP contribution in [0, 0.1) is 6.92 Å². The molecule has 1 atom stereocenters. The Balaban J connectivity index is 1.39. The second kappa shape index (κ2) is 11.7. The van der Waals surface area contributed by atoms with E-state index in [0.717, 1.165) is 53.7 Å². The van der Waals surface area contributed by atoms with Crippen molar-refractivity contribution in [2.45, 2.75) is 51.9 Å². The summed E-state index contributed by atoms with van der Waals surface area (Å²) in [7, 11) is 3.26. The van der Waals surface area contributed by atoms with Crippen LogP contribution in [0.2, 0.25) is 0 Å². The highest BCUT2D eigenvalue weighted by Gasteiger charge is 2.21. The molecule has 0 unspecified atom stereocenters. The number of rotatable bonds is 11. The average molecular weight is 519 g/mol. The van der Waals surface area contributed by atoms with E-state index in [9.17, 15) is 4.79 Å². The maximum absolute atomic E-state index is 13.0. The van der Waals surface area contributed by atoms with E-state index in [0.29, 0.717) is 43.2 Å². The first-order valence-corrected chi connectivity index (χ1v) is 12.9. The van der Waals surface area contributed by atoms with Gasteiger partial charge in [0.25, 0.3) is 5.56 Å². The van der Waals surface area contributed by atoms with Crippen LogP contribution < -0.4 is 15.0 Å². The number of ether oxygens (including phenoxy) is 3. The lowest BCUT2D eigenvalue weighted by atomic mass is 10.1. The molecule has 0 saturated carbocycles. The molecule has 0 spiro atoms. The third-order valence-electron chi connectivity index (χ3n) is 7.01. The molecule has 1 N–H and O–H groups in total. The lowest BCUT2D eigenvalue weighted by molar-refractivity contribution is 0.0916. The van der Waals surface area contributed by atoms with Gasteiger partial charge in [0, 0.05) is 30.8 Å². The number of benzene rings is 2. The minimum Gasteiger partial charge on any atom is -0.493 e. The van der Waals surface area contributed by atoms with E-state index in [1.807, 2.05) is 48.0 Å². The van der Waals surface area contributed by atoms with Crippen molar-refractivity contribution in [2.24, 2.45) is 0 Å². The molecule has 4 aromatic rings. The van der Waals surface area contributed by atoms with Crippen LogP contribution in [0.25, 0.3) is 10.9 Å². The number of tetrazole rings is 1.